The fourth-order valence-corrected chi connectivity index (χ4v) is 1.67. The summed E-state index contributed by atoms with van der Waals surface area (Å²) in [5.41, 5.74) is 2.35. The predicted molar refractivity (Wildman–Crippen MR) is 56.0 cm³/mol. The van der Waals surface area contributed by atoms with Crippen molar-refractivity contribution < 1.29 is 4.74 Å². The molecule has 0 saturated heterocycles. The number of rotatable bonds is 3. The lowest BCUT2D eigenvalue weighted by Crippen LogP contribution is -2.03. The topological polar surface area (TPSA) is 34.5 Å². The van der Waals surface area contributed by atoms with Crippen LogP contribution >= 0.6 is 11.6 Å². The molecule has 0 bridgehead atoms. The van der Waals surface area contributed by atoms with E-state index in [1.807, 2.05) is 12.1 Å². The van der Waals surface area contributed by atoms with Crippen LogP contribution in [0.25, 0.3) is 0 Å². The highest BCUT2D eigenvalue weighted by Crippen LogP contribution is 2.49. The maximum Gasteiger partial charge on any atom is 0.212 e. The minimum atomic E-state index is -0.0962. The third-order valence-electron chi connectivity index (χ3n) is 2.50. The van der Waals surface area contributed by atoms with Crippen molar-refractivity contribution in [3.05, 3.63) is 23.9 Å². The first-order valence-electron chi connectivity index (χ1n) is 4.45. The summed E-state index contributed by atoms with van der Waals surface area (Å²) in [5, 5.41) is 0. The third-order valence-corrected chi connectivity index (χ3v) is 2.60. The summed E-state index contributed by atoms with van der Waals surface area (Å²) in [6, 6.07) is 3.84. The van der Waals surface area contributed by atoms with Gasteiger partial charge in [0.15, 0.2) is 0 Å². The Balaban J connectivity index is 2.25. The van der Waals surface area contributed by atoms with E-state index in [0.717, 1.165) is 18.4 Å². The molecule has 0 unspecified atom stereocenters. The molecular weight excluding hydrogens is 200 g/mol. The van der Waals surface area contributed by atoms with Crippen LogP contribution in [0, 0.1) is 0 Å². The van der Waals surface area contributed by atoms with Gasteiger partial charge in [-0.25, -0.2) is 4.98 Å². The van der Waals surface area contributed by atoms with Crippen molar-refractivity contribution in [3.63, 3.8) is 0 Å². The van der Waals surface area contributed by atoms with E-state index in [4.69, 9.17) is 16.3 Å². The van der Waals surface area contributed by atoms with E-state index in [-0.39, 0.29) is 5.54 Å². The van der Waals surface area contributed by atoms with Crippen molar-refractivity contribution in [2.24, 2.45) is 4.99 Å². The number of hydrogen-bond acceptors (Lipinski definition) is 3. The first-order chi connectivity index (χ1) is 6.80. The fourth-order valence-electron chi connectivity index (χ4n) is 1.48. The van der Waals surface area contributed by atoms with Crippen LogP contribution in [0.15, 0.2) is 23.3 Å². The van der Waals surface area contributed by atoms with E-state index in [1.165, 1.54) is 5.67 Å². The molecule has 0 N–H and O–H groups in total. The van der Waals surface area contributed by atoms with E-state index < -0.39 is 0 Å². The standard InChI is InChI=1S/C10H11ClN2O/c1-14-9-3-2-8(6-12-9)10(4-5-10)13-7-11/h2-3,6-7H,4-5H2,1H3. The van der Waals surface area contributed by atoms with Gasteiger partial charge in [-0.2, -0.15) is 0 Å². The highest BCUT2D eigenvalue weighted by molar-refractivity contribution is 6.56. The van der Waals surface area contributed by atoms with Crippen LogP contribution < -0.4 is 4.74 Å². The molecule has 1 aromatic rings. The fraction of sp³-hybridized carbons (Fsp3) is 0.400. The number of methoxy groups -OCH3 is 1. The average molecular weight is 211 g/mol. The molecule has 1 aromatic heterocycles. The van der Waals surface area contributed by atoms with Crippen molar-refractivity contribution in [2.45, 2.75) is 18.4 Å². The Kier molecular flexibility index (Phi) is 2.42. The molecule has 1 saturated carbocycles. The summed E-state index contributed by atoms with van der Waals surface area (Å²) in [5.74, 6) is 0.624. The summed E-state index contributed by atoms with van der Waals surface area (Å²) in [7, 11) is 1.60. The molecule has 0 amide bonds. The maximum absolute atomic E-state index is 5.50. The monoisotopic (exact) mass is 210 g/mol. The second kappa shape index (κ2) is 3.58. The largest absolute Gasteiger partial charge is 0.481 e. The molecule has 1 fully saturated rings. The summed E-state index contributed by atoms with van der Waals surface area (Å²) < 4.78 is 4.99. The van der Waals surface area contributed by atoms with Gasteiger partial charge in [0.1, 0.15) is 0 Å². The molecule has 1 aliphatic carbocycles. The van der Waals surface area contributed by atoms with Gasteiger partial charge in [0.25, 0.3) is 0 Å². The highest BCUT2D eigenvalue weighted by Gasteiger charge is 2.44. The van der Waals surface area contributed by atoms with Crippen LogP contribution in [0.4, 0.5) is 0 Å². The smallest absolute Gasteiger partial charge is 0.212 e. The molecule has 3 nitrogen and oxygen atoms in total. The molecule has 14 heavy (non-hydrogen) atoms. The Hall–Kier alpha value is -1.09. The van der Waals surface area contributed by atoms with Gasteiger partial charge in [-0.3, -0.25) is 4.99 Å². The molecule has 74 valence electrons. The molecule has 0 atom stereocenters. The molecule has 0 spiro atoms. The van der Waals surface area contributed by atoms with Gasteiger partial charge in [-0.15, -0.1) is 0 Å². The zero-order chi connectivity index (χ0) is 10.0. The average Bonchev–Trinajstić information content (AvgIpc) is 3.00. The quantitative estimate of drug-likeness (QED) is 0.718. The normalized spacial score (nSPS) is 18.4. The third kappa shape index (κ3) is 1.60. The molecule has 0 radical (unpaired) electrons. The first kappa shape index (κ1) is 9.46. The second-order valence-corrected chi connectivity index (χ2v) is 3.54. The number of halogens is 1. The zero-order valence-electron chi connectivity index (χ0n) is 7.90. The van der Waals surface area contributed by atoms with Crippen LogP contribution in [0.3, 0.4) is 0 Å². The van der Waals surface area contributed by atoms with Gasteiger partial charge in [0, 0.05) is 12.3 Å². The van der Waals surface area contributed by atoms with E-state index in [2.05, 4.69) is 9.98 Å². The second-order valence-electron chi connectivity index (χ2n) is 3.35. The number of aromatic nitrogens is 1. The Bertz CT molecular complexity index is 344. The van der Waals surface area contributed by atoms with Crippen LogP contribution in [0.5, 0.6) is 5.88 Å². The maximum atomic E-state index is 5.50. The molecule has 0 aromatic carbocycles. The van der Waals surface area contributed by atoms with Crippen LogP contribution in [0.2, 0.25) is 0 Å². The molecule has 1 heterocycles. The Morgan fingerprint density at radius 1 is 1.57 bits per heavy atom. The van der Waals surface area contributed by atoms with Gasteiger partial charge in [-0.1, -0.05) is 11.6 Å². The SMILES string of the molecule is COc1ccc(C2(N=CCl)CC2)cn1. The molecule has 1 aliphatic rings. The lowest BCUT2D eigenvalue weighted by atomic mass is 10.1. The zero-order valence-corrected chi connectivity index (χ0v) is 8.66. The van der Waals surface area contributed by atoms with Crippen LogP contribution in [-0.4, -0.2) is 17.8 Å². The van der Waals surface area contributed by atoms with E-state index in [0.29, 0.717) is 5.88 Å². The summed E-state index contributed by atoms with van der Waals surface area (Å²) in [6.45, 7) is 0. The Morgan fingerprint density at radius 2 is 2.36 bits per heavy atom. The summed E-state index contributed by atoms with van der Waals surface area (Å²) >= 11 is 5.50. The lowest BCUT2D eigenvalue weighted by Gasteiger charge is -2.09. The summed E-state index contributed by atoms with van der Waals surface area (Å²) in [6.07, 6.45) is 3.89. The highest BCUT2D eigenvalue weighted by atomic mass is 35.5. The first-order valence-corrected chi connectivity index (χ1v) is 4.89. The van der Waals surface area contributed by atoms with Crippen molar-refractivity contribution in [1.29, 1.82) is 0 Å². The molecular formula is C10H11ClN2O. The molecule has 2 rings (SSSR count). The van der Waals surface area contributed by atoms with Crippen LogP contribution in [-0.2, 0) is 5.54 Å². The van der Waals surface area contributed by atoms with Gasteiger partial charge in [-0.05, 0) is 24.5 Å². The minimum absolute atomic E-state index is 0.0962. The number of aliphatic imine (C=N–C) groups is 1. The van der Waals surface area contributed by atoms with E-state index >= 15 is 0 Å². The minimum Gasteiger partial charge on any atom is -0.481 e. The Morgan fingerprint density at radius 3 is 2.79 bits per heavy atom. The Labute approximate surface area is 87.8 Å². The predicted octanol–water partition coefficient (Wildman–Crippen LogP) is 2.35. The molecule has 4 heteroatoms. The van der Waals surface area contributed by atoms with E-state index in [9.17, 15) is 0 Å². The van der Waals surface area contributed by atoms with Crippen molar-refractivity contribution in [1.82, 2.24) is 4.98 Å². The number of nitrogens with zero attached hydrogens (tertiary/aromatic N) is 2. The van der Waals surface area contributed by atoms with Gasteiger partial charge in [0.05, 0.1) is 18.3 Å². The van der Waals surface area contributed by atoms with Crippen molar-refractivity contribution in [3.8, 4) is 5.88 Å². The van der Waals surface area contributed by atoms with E-state index in [1.54, 1.807) is 13.3 Å². The number of pyridine rings is 1. The molecule has 0 aliphatic heterocycles. The number of hydrogen-bond donors (Lipinski definition) is 0. The van der Waals surface area contributed by atoms with Gasteiger partial charge in [0.2, 0.25) is 5.88 Å². The van der Waals surface area contributed by atoms with Crippen LogP contribution in [0.1, 0.15) is 18.4 Å². The number of ether oxygens (including phenoxy) is 1. The van der Waals surface area contributed by atoms with Gasteiger partial charge >= 0.3 is 0 Å². The van der Waals surface area contributed by atoms with Crippen molar-refractivity contribution in [2.75, 3.05) is 7.11 Å². The van der Waals surface area contributed by atoms with Gasteiger partial charge < -0.3 is 4.74 Å². The summed E-state index contributed by atoms with van der Waals surface area (Å²) in [4.78, 5) is 8.40. The van der Waals surface area contributed by atoms with Crippen molar-refractivity contribution >= 4 is 17.3 Å². The lowest BCUT2D eigenvalue weighted by molar-refractivity contribution is 0.397.